The van der Waals surface area contributed by atoms with E-state index in [1.165, 1.54) is 6.92 Å². The number of hydrogen-bond donors (Lipinski definition) is 1. The van der Waals surface area contributed by atoms with Crippen molar-refractivity contribution in [3.05, 3.63) is 29.5 Å². The number of amides is 1. The van der Waals surface area contributed by atoms with Crippen molar-refractivity contribution in [1.29, 1.82) is 0 Å². The second kappa shape index (κ2) is 6.48. The minimum Gasteiger partial charge on any atom is -0.354 e. The van der Waals surface area contributed by atoms with Crippen molar-refractivity contribution in [1.82, 2.24) is 19.9 Å². The molecule has 7 nitrogen and oxygen atoms in total. The molecule has 1 aliphatic rings. The number of piperidine rings is 1. The van der Waals surface area contributed by atoms with Crippen molar-refractivity contribution < 1.29 is 21.2 Å². The van der Waals surface area contributed by atoms with Crippen LogP contribution in [0.25, 0.3) is 15.9 Å². The molecule has 1 saturated heterocycles. The number of aryl methyl sites for hydroxylation is 1. The van der Waals surface area contributed by atoms with Crippen LogP contribution in [0.1, 0.15) is 35.4 Å². The monoisotopic (exact) mass is 338 g/mol. The van der Waals surface area contributed by atoms with E-state index in [0.29, 0.717) is 4.90 Å². The van der Waals surface area contributed by atoms with Gasteiger partial charge in [-0.25, -0.2) is 16.5 Å². The fraction of sp³-hybridized carbons (Fsp3) is 0.529. The van der Waals surface area contributed by atoms with Gasteiger partial charge in [-0.2, -0.15) is 0 Å². The van der Waals surface area contributed by atoms with Crippen molar-refractivity contribution in [3.63, 3.8) is 0 Å². The van der Waals surface area contributed by atoms with E-state index < -0.39 is 60.7 Å². The first kappa shape index (κ1) is 7.09. The number of H-pyrrole nitrogens is 1. The molecule has 2 atom stereocenters. The summed E-state index contributed by atoms with van der Waals surface area (Å²) < 4.78 is 100. The maximum absolute atomic E-state index is 13.0. The zero-order valence-electron chi connectivity index (χ0n) is 25.1. The lowest BCUT2D eigenvalue weighted by Gasteiger charge is -2.41. The van der Waals surface area contributed by atoms with Gasteiger partial charge in [-0.15, -0.1) is 0 Å². The summed E-state index contributed by atoms with van der Waals surface area (Å²) in [6.45, 7) is -1.68. The van der Waals surface area contributed by atoms with Crippen LogP contribution in [-0.2, 0) is 4.79 Å². The first-order valence-electron chi connectivity index (χ1n) is 12.9. The summed E-state index contributed by atoms with van der Waals surface area (Å²) in [6.07, 6.45) is -4.16. The average Bonchev–Trinajstić information content (AvgIpc) is 3.03. The van der Waals surface area contributed by atoms with Crippen LogP contribution in [0.4, 0.5) is 5.82 Å². The SMILES string of the molecule is [2H]c1nc(N(C)[C@@]2([2H])C([2H])([2H])N(C(=O)C([2H])([2H])[N+]#[C-])C([2H])([2H])C([2H])([2H])[C@@]2([2H])C)c2c([2H])c(C)[nH]c2n1. The molecule has 2 aromatic rings. The molecule has 7 heteroatoms. The molecule has 0 saturated carbocycles. The van der Waals surface area contributed by atoms with Gasteiger partial charge in [0, 0.05) is 32.6 Å². The summed E-state index contributed by atoms with van der Waals surface area (Å²) in [6, 6.07) is -3.48. The number of aromatic amines is 1. The van der Waals surface area contributed by atoms with E-state index >= 15 is 0 Å². The van der Waals surface area contributed by atoms with E-state index in [-0.39, 0.29) is 22.8 Å². The number of fused-ring (bicyclic) bond motifs is 1. The lowest BCUT2D eigenvalue weighted by Crippen LogP contribution is -2.53. The van der Waals surface area contributed by atoms with Crippen LogP contribution in [-0.4, -0.2) is 58.3 Å². The van der Waals surface area contributed by atoms with Gasteiger partial charge in [0.15, 0.2) is 0 Å². The van der Waals surface area contributed by atoms with Crippen LogP contribution >= 0.6 is 0 Å². The Morgan fingerprint density at radius 2 is 2.54 bits per heavy atom. The standard InChI is InChI=1S/C17H22N6O/c1-11-5-6-23(15(24)8-18-3)9-14(11)22(4)17-13-7-12(2)21-16(13)19-10-20-17/h7,10-11,14H,5-6,8-9H2,1-2,4H3,(H,19,20,21)/t11-,14+/m1/s1/i5D2,6D2,7D,8D2,9D2,10D,11D,14D. The van der Waals surface area contributed by atoms with Crippen molar-refractivity contribution in [2.24, 2.45) is 5.89 Å². The van der Waals surface area contributed by atoms with Crippen LogP contribution in [0, 0.1) is 19.4 Å². The molecule has 1 aliphatic heterocycles. The third kappa shape index (κ3) is 2.92. The van der Waals surface area contributed by atoms with Gasteiger partial charge in [-0.05, 0) is 25.2 Å². The number of carbonyl (C=O) groups excluding carboxylic acids is 1. The molecule has 3 rings (SSSR count). The first-order chi connectivity index (χ1) is 16.1. The molecule has 0 radical (unpaired) electrons. The predicted molar refractivity (Wildman–Crippen MR) is 92.6 cm³/mol. The topological polar surface area (TPSA) is 69.5 Å². The van der Waals surface area contributed by atoms with Gasteiger partial charge in [-0.3, -0.25) is 4.79 Å². The number of aromatic nitrogens is 3. The van der Waals surface area contributed by atoms with Gasteiger partial charge in [0.1, 0.15) is 21.9 Å². The van der Waals surface area contributed by atoms with Crippen molar-refractivity contribution >= 4 is 22.8 Å². The Hall–Kier alpha value is -2.62. The van der Waals surface area contributed by atoms with Crippen LogP contribution in [0.3, 0.4) is 0 Å². The fourth-order valence-corrected chi connectivity index (χ4v) is 2.23. The van der Waals surface area contributed by atoms with Crippen LogP contribution in [0.15, 0.2) is 12.3 Å². The Morgan fingerprint density at radius 3 is 3.29 bits per heavy atom. The molecule has 0 aromatic carbocycles. The average molecular weight is 338 g/mol. The van der Waals surface area contributed by atoms with Gasteiger partial charge >= 0.3 is 5.91 Å². The highest BCUT2D eigenvalue weighted by molar-refractivity contribution is 5.88. The van der Waals surface area contributed by atoms with E-state index in [2.05, 4.69) is 19.8 Å². The molecule has 1 N–H and O–H groups in total. The number of carbonyl (C=O) groups is 1. The van der Waals surface area contributed by atoms with E-state index in [0.717, 1.165) is 14.0 Å². The zero-order chi connectivity index (χ0) is 28.0. The highest BCUT2D eigenvalue weighted by Gasteiger charge is 2.33. The van der Waals surface area contributed by atoms with Crippen LogP contribution in [0.5, 0.6) is 0 Å². The largest absolute Gasteiger partial charge is 0.354 e. The number of likely N-dealkylation sites (N-methyl/N-ethyl adjacent to an activating group) is 1. The molecule has 0 bridgehead atoms. The summed E-state index contributed by atoms with van der Waals surface area (Å²) in [5.74, 6) is -5.57. The molecule has 1 amide bonds. The normalized spacial score (nSPS) is 41.2. The van der Waals surface area contributed by atoms with Crippen LogP contribution in [0.2, 0.25) is 0 Å². The molecule has 0 unspecified atom stereocenters. The Kier molecular flexibility index (Phi) is 1.91. The highest BCUT2D eigenvalue weighted by atomic mass is 16.2. The van der Waals surface area contributed by atoms with Gasteiger partial charge in [-0.1, -0.05) is 6.92 Å². The number of anilines is 1. The molecule has 24 heavy (non-hydrogen) atoms. The third-order valence-electron chi connectivity index (χ3n) is 3.33. The summed E-state index contributed by atoms with van der Waals surface area (Å²) in [5, 5.41) is -0.104. The van der Waals surface area contributed by atoms with Crippen molar-refractivity contribution in [2.45, 2.75) is 26.2 Å². The Morgan fingerprint density at radius 1 is 1.75 bits per heavy atom. The molecular formula is C17H22N6O. The number of rotatable bonds is 3. The summed E-state index contributed by atoms with van der Waals surface area (Å²) in [7, 11) is 1.00. The summed E-state index contributed by atoms with van der Waals surface area (Å²) in [5.41, 5.74) is 0.231. The summed E-state index contributed by atoms with van der Waals surface area (Å²) >= 11 is 0. The number of hydrogen-bond acceptors (Lipinski definition) is 4. The van der Waals surface area contributed by atoms with Gasteiger partial charge < -0.3 is 19.6 Å². The molecule has 0 aliphatic carbocycles. The van der Waals surface area contributed by atoms with Crippen molar-refractivity contribution in [2.75, 3.05) is 31.4 Å². The van der Waals surface area contributed by atoms with E-state index in [9.17, 15) is 6.17 Å². The number of nitrogens with zero attached hydrogens (tertiary/aromatic N) is 5. The lowest BCUT2D eigenvalue weighted by atomic mass is 9.92. The van der Waals surface area contributed by atoms with Gasteiger partial charge in [0.25, 0.3) is 6.50 Å². The van der Waals surface area contributed by atoms with Gasteiger partial charge in [0.05, 0.1) is 16.9 Å². The smallest absolute Gasteiger partial charge is 0.302 e. The summed E-state index contributed by atoms with van der Waals surface area (Å²) in [4.78, 5) is 26.1. The number of nitrogens with one attached hydrogen (secondary N) is 1. The van der Waals surface area contributed by atoms with Crippen molar-refractivity contribution in [3.8, 4) is 0 Å². The minimum absolute atomic E-state index is 0.0402. The fourth-order valence-electron chi connectivity index (χ4n) is 2.23. The maximum Gasteiger partial charge on any atom is 0.302 e. The van der Waals surface area contributed by atoms with Gasteiger partial charge in [0.2, 0.25) is 0 Å². The highest BCUT2D eigenvalue weighted by Crippen LogP contribution is 2.29. The Labute approximate surface area is 158 Å². The Balaban J connectivity index is 2.44. The first-order valence-corrected chi connectivity index (χ1v) is 6.86. The molecule has 3 heterocycles. The van der Waals surface area contributed by atoms with E-state index in [1.807, 2.05) is 0 Å². The third-order valence-corrected chi connectivity index (χ3v) is 3.33. The second-order valence-corrected chi connectivity index (χ2v) is 4.99. The minimum atomic E-state index is -3.69. The number of likely N-dealkylation sites (tertiary alicyclic amines) is 1. The maximum atomic E-state index is 13.0. The zero-order valence-corrected chi connectivity index (χ0v) is 13.1. The van der Waals surface area contributed by atoms with Crippen LogP contribution < -0.4 is 4.90 Å². The molecular weight excluding hydrogens is 304 g/mol. The molecule has 0 spiro atoms. The molecule has 2 aromatic heterocycles. The van der Waals surface area contributed by atoms with E-state index in [1.54, 1.807) is 0 Å². The predicted octanol–water partition coefficient (Wildman–Crippen LogP) is 1.86. The second-order valence-electron chi connectivity index (χ2n) is 4.99. The molecule has 1 fully saturated rings. The lowest BCUT2D eigenvalue weighted by molar-refractivity contribution is -0.130. The van der Waals surface area contributed by atoms with E-state index in [4.69, 9.17) is 21.7 Å². The Bertz CT molecular complexity index is 1300. The quantitative estimate of drug-likeness (QED) is 0.867. The molecule has 126 valence electrons.